The zero-order valence-electron chi connectivity index (χ0n) is 16.2. The maximum atomic E-state index is 12.7. The molecule has 11 heteroatoms. The van der Waals surface area contributed by atoms with E-state index in [0.29, 0.717) is 16.9 Å². The van der Waals surface area contributed by atoms with Crippen LogP contribution in [0.1, 0.15) is 12.5 Å². The number of hydrogen-bond acceptors (Lipinski definition) is 7. The first-order valence-electron chi connectivity index (χ1n) is 8.48. The van der Waals surface area contributed by atoms with Gasteiger partial charge in [-0.1, -0.05) is 0 Å². The number of aromatic nitrogens is 3. The van der Waals surface area contributed by atoms with E-state index < -0.39 is 27.2 Å². The molecule has 3 aromatic rings. The van der Waals surface area contributed by atoms with Crippen molar-refractivity contribution in [3.05, 3.63) is 56.9 Å². The van der Waals surface area contributed by atoms with Gasteiger partial charge in [-0.15, -0.1) is 0 Å². The van der Waals surface area contributed by atoms with Crippen LogP contribution in [0.25, 0.3) is 11.0 Å². The predicted octanol–water partition coefficient (Wildman–Crippen LogP) is 0.509. The number of fused-ring (bicyclic) bond motifs is 1. The van der Waals surface area contributed by atoms with Crippen molar-refractivity contribution in [2.24, 2.45) is 14.1 Å². The van der Waals surface area contributed by atoms with Crippen molar-refractivity contribution in [3.63, 3.8) is 0 Å². The average molecular weight is 417 g/mol. The molecular formula is C18H19N5O5S. The van der Waals surface area contributed by atoms with E-state index in [0.717, 1.165) is 11.5 Å². The molecule has 29 heavy (non-hydrogen) atoms. The van der Waals surface area contributed by atoms with Gasteiger partial charge >= 0.3 is 5.69 Å². The third-order valence-corrected chi connectivity index (χ3v) is 5.82. The number of nitrogens with zero attached hydrogens (tertiary/aromatic N) is 3. The monoisotopic (exact) mass is 417 g/mol. The Bertz CT molecular complexity index is 1350. The van der Waals surface area contributed by atoms with Crippen LogP contribution in [0.15, 0.2) is 44.9 Å². The Morgan fingerprint density at radius 3 is 2.28 bits per heavy atom. The molecule has 1 aromatic carbocycles. The average Bonchev–Trinajstić information content (AvgIpc) is 2.65. The van der Waals surface area contributed by atoms with Crippen LogP contribution in [0.2, 0.25) is 0 Å². The van der Waals surface area contributed by atoms with Gasteiger partial charge in [-0.2, -0.15) is 0 Å². The first-order chi connectivity index (χ1) is 13.5. The zero-order valence-corrected chi connectivity index (χ0v) is 17.0. The molecule has 0 radical (unpaired) electrons. The molecule has 0 saturated heterocycles. The number of amides is 1. The minimum atomic E-state index is -3.94. The molecule has 0 aliphatic rings. The molecule has 2 heterocycles. The molecule has 0 aliphatic heterocycles. The number of aryl methyl sites for hydroxylation is 2. The predicted molar refractivity (Wildman–Crippen MR) is 108 cm³/mol. The van der Waals surface area contributed by atoms with Gasteiger partial charge in [-0.25, -0.2) is 22.9 Å². The number of pyridine rings is 1. The summed E-state index contributed by atoms with van der Waals surface area (Å²) in [6, 6.07) is 5.68. The maximum Gasteiger partial charge on any atom is 0.332 e. The summed E-state index contributed by atoms with van der Waals surface area (Å²) < 4.78 is 28.3. The van der Waals surface area contributed by atoms with E-state index in [2.05, 4.69) is 10.3 Å². The van der Waals surface area contributed by atoms with Gasteiger partial charge in [0, 0.05) is 32.9 Å². The Kier molecular flexibility index (Phi) is 5.01. The number of carbonyl (C=O) groups excluding carboxylic acids is 1. The molecule has 0 aliphatic carbocycles. The van der Waals surface area contributed by atoms with Crippen molar-refractivity contribution in [3.8, 4) is 0 Å². The summed E-state index contributed by atoms with van der Waals surface area (Å²) >= 11 is 0. The molecule has 2 aromatic heterocycles. The Morgan fingerprint density at radius 2 is 1.69 bits per heavy atom. The molecule has 0 fully saturated rings. The lowest BCUT2D eigenvalue weighted by Gasteiger charge is -2.15. The van der Waals surface area contributed by atoms with E-state index in [-0.39, 0.29) is 15.9 Å². The molecule has 0 unspecified atom stereocenters. The van der Waals surface area contributed by atoms with E-state index in [1.54, 1.807) is 13.1 Å². The highest BCUT2D eigenvalue weighted by molar-refractivity contribution is 7.90. The maximum absolute atomic E-state index is 12.7. The second-order valence-corrected chi connectivity index (χ2v) is 8.21. The third-order valence-electron chi connectivity index (χ3n) is 4.37. The lowest BCUT2D eigenvalue weighted by molar-refractivity contribution is -0.117. The van der Waals surface area contributed by atoms with Crippen molar-refractivity contribution in [1.29, 1.82) is 0 Å². The van der Waals surface area contributed by atoms with Crippen molar-refractivity contribution in [2.45, 2.75) is 18.7 Å². The van der Waals surface area contributed by atoms with Gasteiger partial charge in [0.2, 0.25) is 5.91 Å². The number of hydrogen-bond donors (Lipinski definition) is 2. The molecule has 152 valence electrons. The molecule has 0 spiro atoms. The summed E-state index contributed by atoms with van der Waals surface area (Å²) in [6.45, 7) is 2.87. The van der Waals surface area contributed by atoms with Crippen molar-refractivity contribution in [1.82, 2.24) is 18.8 Å². The number of sulfonamides is 1. The van der Waals surface area contributed by atoms with Crippen LogP contribution in [-0.4, -0.2) is 28.4 Å². The van der Waals surface area contributed by atoms with Crippen molar-refractivity contribution in [2.75, 3.05) is 5.32 Å². The van der Waals surface area contributed by atoms with Gasteiger partial charge in [0.25, 0.3) is 15.6 Å². The van der Waals surface area contributed by atoms with Crippen molar-refractivity contribution >= 4 is 38.3 Å². The first-order valence-corrected chi connectivity index (χ1v) is 9.97. The third kappa shape index (κ3) is 3.63. The molecule has 10 nitrogen and oxygen atoms in total. The molecule has 2 N–H and O–H groups in total. The quantitative estimate of drug-likeness (QED) is 0.632. The Hall–Kier alpha value is -3.47. The van der Waals surface area contributed by atoms with Crippen LogP contribution in [0.5, 0.6) is 0 Å². The van der Waals surface area contributed by atoms with Crippen LogP contribution < -0.4 is 21.3 Å². The van der Waals surface area contributed by atoms with E-state index >= 15 is 0 Å². The fraction of sp³-hybridized carbons (Fsp3) is 0.222. The Balaban J connectivity index is 2.10. The summed E-state index contributed by atoms with van der Waals surface area (Å²) in [4.78, 5) is 40.0. The largest absolute Gasteiger partial charge is 0.354 e. The molecule has 0 atom stereocenters. The highest BCUT2D eigenvalue weighted by Crippen LogP contribution is 2.26. The van der Waals surface area contributed by atoms with Gasteiger partial charge < -0.3 is 5.32 Å². The minimum absolute atomic E-state index is 0.0760. The molecular weight excluding hydrogens is 398 g/mol. The summed E-state index contributed by atoms with van der Waals surface area (Å²) in [7, 11) is -1.03. The molecule has 0 bridgehead atoms. The smallest absolute Gasteiger partial charge is 0.332 e. The van der Waals surface area contributed by atoms with Crippen LogP contribution in [0.4, 0.5) is 11.4 Å². The van der Waals surface area contributed by atoms with E-state index in [4.69, 9.17) is 0 Å². The second kappa shape index (κ2) is 7.17. The first kappa shape index (κ1) is 20.3. The summed E-state index contributed by atoms with van der Waals surface area (Å²) in [5.74, 6) is -0.687. The number of nitrogens with one attached hydrogen (secondary N) is 2. The van der Waals surface area contributed by atoms with E-state index in [1.807, 2.05) is 4.72 Å². The van der Waals surface area contributed by atoms with E-state index in [9.17, 15) is 22.8 Å². The molecule has 0 saturated carbocycles. The summed E-state index contributed by atoms with van der Waals surface area (Å²) in [6.07, 6.45) is 1.54. The van der Waals surface area contributed by atoms with Gasteiger partial charge in [-0.3, -0.25) is 18.7 Å². The summed E-state index contributed by atoms with van der Waals surface area (Å²) in [5, 5.41) is 3.34. The Morgan fingerprint density at radius 1 is 1.07 bits per heavy atom. The number of benzene rings is 1. The van der Waals surface area contributed by atoms with Crippen LogP contribution in [-0.2, 0) is 28.9 Å². The highest BCUT2D eigenvalue weighted by atomic mass is 32.2. The van der Waals surface area contributed by atoms with Crippen LogP contribution in [0.3, 0.4) is 0 Å². The van der Waals surface area contributed by atoms with E-state index in [1.165, 1.54) is 42.9 Å². The highest BCUT2D eigenvalue weighted by Gasteiger charge is 2.17. The van der Waals surface area contributed by atoms with Gasteiger partial charge in [0.1, 0.15) is 5.39 Å². The van der Waals surface area contributed by atoms with Crippen molar-refractivity contribution < 1.29 is 13.2 Å². The lowest BCUT2D eigenvalue weighted by atomic mass is 10.1. The minimum Gasteiger partial charge on any atom is -0.354 e. The SMILES string of the molecule is CC(=O)NS(=O)(=O)c1ccc(Nc2c(C)cnc3c2c(=O)n(C)c(=O)n3C)cc1. The zero-order chi connectivity index (χ0) is 21.5. The van der Waals surface area contributed by atoms with Gasteiger partial charge in [-0.05, 0) is 36.8 Å². The topological polar surface area (TPSA) is 132 Å². The number of carbonyl (C=O) groups is 1. The fourth-order valence-electron chi connectivity index (χ4n) is 2.89. The van der Waals surface area contributed by atoms with Crippen LogP contribution in [0, 0.1) is 6.92 Å². The fourth-order valence-corrected chi connectivity index (χ4v) is 3.88. The standard InChI is InChI=1S/C18H19N5O5S/c1-10-9-19-16-14(17(25)23(4)18(26)22(16)3)15(10)20-12-5-7-13(8-6-12)29(27,28)21-11(2)24/h5-9H,1-4H3,(H,19,20)(H,21,24). The lowest BCUT2D eigenvalue weighted by Crippen LogP contribution is -2.37. The Labute approximate surface area is 165 Å². The number of anilines is 2. The second-order valence-electron chi connectivity index (χ2n) is 6.53. The normalized spacial score (nSPS) is 11.4. The number of rotatable bonds is 4. The summed E-state index contributed by atoms with van der Waals surface area (Å²) in [5.41, 5.74) is 0.894. The molecule has 3 rings (SSSR count). The van der Waals surface area contributed by atoms with Gasteiger partial charge in [0.05, 0.1) is 10.6 Å². The van der Waals surface area contributed by atoms with Crippen LogP contribution >= 0.6 is 0 Å². The molecule has 1 amide bonds. The van der Waals surface area contributed by atoms with Gasteiger partial charge in [0.15, 0.2) is 5.65 Å².